The molecule has 0 amide bonds. The Morgan fingerprint density at radius 1 is 1.60 bits per heavy atom. The van der Waals surface area contributed by atoms with Crippen molar-refractivity contribution in [3.8, 4) is 0 Å². The van der Waals surface area contributed by atoms with Gasteiger partial charge in [-0.15, -0.1) is 0 Å². The summed E-state index contributed by atoms with van der Waals surface area (Å²) in [7, 11) is 0. The monoisotopic (exact) mass is 202 g/mol. The Morgan fingerprint density at radius 2 is 2.40 bits per heavy atom. The second kappa shape index (κ2) is 2.09. The first-order chi connectivity index (χ1) is 4.77. The van der Waals surface area contributed by atoms with E-state index < -0.39 is 0 Å². The highest BCUT2D eigenvalue weighted by molar-refractivity contribution is 9.09. The number of halogens is 1. The number of esters is 1. The van der Waals surface area contributed by atoms with Gasteiger partial charge in [0.25, 0.3) is 0 Å². The Bertz CT molecular complexity index is 200. The highest BCUT2D eigenvalue weighted by atomic mass is 79.9. The number of hydrogen-bond acceptors (Lipinski definition) is 2. The fraction of sp³-hybridized carbons (Fsp3) is 0.571. The van der Waals surface area contributed by atoms with E-state index in [4.69, 9.17) is 4.74 Å². The van der Waals surface area contributed by atoms with Crippen LogP contribution in [0.25, 0.3) is 0 Å². The van der Waals surface area contributed by atoms with Crippen molar-refractivity contribution in [1.82, 2.24) is 0 Å². The number of carbonyl (C=O) groups excluding carboxylic acids is 1. The summed E-state index contributed by atoms with van der Waals surface area (Å²) < 4.78 is 5.00. The van der Waals surface area contributed by atoms with E-state index in [0.717, 1.165) is 0 Å². The van der Waals surface area contributed by atoms with Gasteiger partial charge in [-0.2, -0.15) is 0 Å². The van der Waals surface area contributed by atoms with Gasteiger partial charge >= 0.3 is 5.97 Å². The van der Waals surface area contributed by atoms with E-state index in [-0.39, 0.29) is 12.1 Å². The van der Waals surface area contributed by atoms with Crippen LogP contribution in [0.2, 0.25) is 0 Å². The van der Waals surface area contributed by atoms with Gasteiger partial charge in [0, 0.05) is 10.7 Å². The maximum atomic E-state index is 10.7. The molecule has 2 rings (SSSR count). The number of ether oxygens (including phenoxy) is 1. The summed E-state index contributed by atoms with van der Waals surface area (Å²) in [5.74, 6) is 0.288. The van der Waals surface area contributed by atoms with E-state index in [9.17, 15) is 4.79 Å². The molecule has 3 heteroatoms. The van der Waals surface area contributed by atoms with Crippen LogP contribution in [0, 0.1) is 5.92 Å². The normalized spacial score (nSPS) is 43.7. The van der Waals surface area contributed by atoms with Crippen molar-refractivity contribution in [3.05, 3.63) is 12.2 Å². The van der Waals surface area contributed by atoms with Gasteiger partial charge in [-0.25, -0.2) is 0 Å². The van der Waals surface area contributed by atoms with Gasteiger partial charge in [-0.1, -0.05) is 22.0 Å². The Hall–Kier alpha value is -0.310. The SMILES string of the molecule is O=C1C[C@H]2[C@H](C=C[C@@H]2Br)O1. The lowest BCUT2D eigenvalue weighted by atomic mass is 10.0. The Kier molecular flexibility index (Phi) is 1.34. The minimum absolute atomic E-state index is 0.0527. The highest BCUT2D eigenvalue weighted by Crippen LogP contribution is 2.35. The quantitative estimate of drug-likeness (QED) is 0.336. The Labute approximate surface area is 67.4 Å². The smallest absolute Gasteiger partial charge is 0.306 e. The van der Waals surface area contributed by atoms with Crippen LogP contribution < -0.4 is 0 Å². The van der Waals surface area contributed by atoms with Gasteiger partial charge in [-0.3, -0.25) is 4.79 Å². The average Bonchev–Trinajstić information content (AvgIpc) is 2.35. The maximum absolute atomic E-state index is 10.7. The number of allylic oxidation sites excluding steroid dienone is 1. The predicted octanol–water partition coefficient (Wildman–Crippen LogP) is 1.25. The summed E-state index contributed by atoms with van der Waals surface area (Å²) >= 11 is 3.45. The van der Waals surface area contributed by atoms with Crippen LogP contribution >= 0.6 is 15.9 Å². The third kappa shape index (κ3) is 0.804. The summed E-state index contributed by atoms with van der Waals surface area (Å²) in [6, 6.07) is 0. The van der Waals surface area contributed by atoms with Crippen molar-refractivity contribution < 1.29 is 9.53 Å². The lowest BCUT2D eigenvalue weighted by molar-refractivity contribution is -0.140. The van der Waals surface area contributed by atoms with Crippen LogP contribution in [0.15, 0.2) is 12.2 Å². The average molecular weight is 203 g/mol. The summed E-state index contributed by atoms with van der Waals surface area (Å²) in [5.41, 5.74) is 0. The number of fused-ring (bicyclic) bond motifs is 1. The molecule has 0 N–H and O–H groups in total. The zero-order valence-electron chi connectivity index (χ0n) is 5.29. The summed E-state index contributed by atoms with van der Waals surface area (Å²) in [6.45, 7) is 0. The lowest BCUT2D eigenvalue weighted by Gasteiger charge is -2.07. The van der Waals surface area contributed by atoms with Gasteiger partial charge in [-0.05, 0) is 6.08 Å². The van der Waals surface area contributed by atoms with E-state index in [2.05, 4.69) is 15.9 Å². The van der Waals surface area contributed by atoms with Gasteiger partial charge in [0.1, 0.15) is 6.10 Å². The minimum atomic E-state index is -0.0659. The molecule has 0 saturated carbocycles. The van der Waals surface area contributed by atoms with Crippen LogP contribution in [0.4, 0.5) is 0 Å². The topological polar surface area (TPSA) is 26.3 Å². The maximum Gasteiger partial charge on any atom is 0.306 e. The summed E-state index contributed by atoms with van der Waals surface area (Å²) in [6.07, 6.45) is 4.61. The Morgan fingerprint density at radius 3 is 3.10 bits per heavy atom. The van der Waals surface area contributed by atoms with Gasteiger partial charge in [0.15, 0.2) is 0 Å². The molecule has 0 aromatic heterocycles. The van der Waals surface area contributed by atoms with Crippen molar-refractivity contribution in [1.29, 1.82) is 0 Å². The molecule has 54 valence electrons. The molecule has 1 fully saturated rings. The number of rotatable bonds is 0. The van der Waals surface area contributed by atoms with Crippen LogP contribution in [0.5, 0.6) is 0 Å². The number of carbonyl (C=O) groups is 1. The molecule has 2 nitrogen and oxygen atoms in total. The Balaban J connectivity index is 2.19. The van der Waals surface area contributed by atoms with Gasteiger partial charge in [0.05, 0.1) is 6.42 Å². The van der Waals surface area contributed by atoms with Crippen LogP contribution in [-0.2, 0) is 9.53 Å². The minimum Gasteiger partial charge on any atom is -0.458 e. The predicted molar refractivity (Wildman–Crippen MR) is 39.8 cm³/mol. The zero-order valence-corrected chi connectivity index (χ0v) is 6.87. The lowest BCUT2D eigenvalue weighted by Crippen LogP contribution is -2.13. The number of alkyl halides is 1. The molecule has 1 aliphatic carbocycles. The first-order valence-electron chi connectivity index (χ1n) is 3.29. The van der Waals surface area contributed by atoms with Crippen LogP contribution in [0.3, 0.4) is 0 Å². The van der Waals surface area contributed by atoms with Crippen molar-refractivity contribution in [2.75, 3.05) is 0 Å². The molecule has 0 aromatic rings. The summed E-state index contributed by atoms with van der Waals surface area (Å²) in [5, 5.41) is 0. The first kappa shape index (κ1) is 6.40. The van der Waals surface area contributed by atoms with E-state index in [1.54, 1.807) is 0 Å². The van der Waals surface area contributed by atoms with Gasteiger partial charge < -0.3 is 4.74 Å². The van der Waals surface area contributed by atoms with Crippen LogP contribution in [-0.4, -0.2) is 16.9 Å². The summed E-state index contributed by atoms with van der Waals surface area (Å²) in [4.78, 5) is 11.1. The fourth-order valence-corrected chi connectivity index (χ4v) is 2.09. The molecule has 1 saturated heterocycles. The van der Waals surface area contributed by atoms with E-state index in [1.165, 1.54) is 0 Å². The standard InChI is InChI=1S/C7H7BrO2/c8-5-1-2-6-4(5)3-7(9)10-6/h1-2,4-6H,3H2/t4-,5+,6+/m1/s1. The van der Waals surface area contributed by atoms with E-state index >= 15 is 0 Å². The molecular formula is C7H7BrO2. The van der Waals surface area contributed by atoms with Crippen molar-refractivity contribution in [3.63, 3.8) is 0 Å². The van der Waals surface area contributed by atoms with Crippen molar-refractivity contribution in [2.45, 2.75) is 17.4 Å². The number of hydrogen-bond donors (Lipinski definition) is 0. The third-order valence-electron chi connectivity index (χ3n) is 1.99. The largest absolute Gasteiger partial charge is 0.458 e. The van der Waals surface area contributed by atoms with Crippen LogP contribution in [0.1, 0.15) is 6.42 Å². The molecule has 0 aromatic carbocycles. The molecule has 10 heavy (non-hydrogen) atoms. The zero-order chi connectivity index (χ0) is 7.14. The second-order valence-electron chi connectivity index (χ2n) is 2.65. The molecule has 0 spiro atoms. The van der Waals surface area contributed by atoms with Crippen molar-refractivity contribution in [2.24, 2.45) is 5.92 Å². The molecule has 0 unspecified atom stereocenters. The molecule has 3 atom stereocenters. The van der Waals surface area contributed by atoms with E-state index in [0.29, 0.717) is 17.2 Å². The van der Waals surface area contributed by atoms with E-state index in [1.807, 2.05) is 12.2 Å². The first-order valence-corrected chi connectivity index (χ1v) is 4.21. The molecule has 0 radical (unpaired) electrons. The molecular weight excluding hydrogens is 196 g/mol. The molecule has 1 heterocycles. The highest BCUT2D eigenvalue weighted by Gasteiger charge is 2.40. The molecule has 0 bridgehead atoms. The third-order valence-corrected chi connectivity index (χ3v) is 2.97. The molecule has 1 aliphatic heterocycles. The van der Waals surface area contributed by atoms with Crippen molar-refractivity contribution >= 4 is 21.9 Å². The second-order valence-corrected chi connectivity index (χ2v) is 3.71. The fourth-order valence-electron chi connectivity index (χ4n) is 1.43. The van der Waals surface area contributed by atoms with Gasteiger partial charge in [0.2, 0.25) is 0 Å². The molecule has 2 aliphatic rings.